The molecule has 158 valence electrons. The molecular weight excluding hydrogens is 396 g/mol. The third kappa shape index (κ3) is 6.56. The molecule has 0 amide bonds. The third-order valence-electron chi connectivity index (χ3n) is 4.71. The maximum absolute atomic E-state index is 12.3. The van der Waals surface area contributed by atoms with Gasteiger partial charge in [0.15, 0.2) is 5.96 Å². The van der Waals surface area contributed by atoms with Gasteiger partial charge in [0, 0.05) is 55.9 Å². The quantitative estimate of drug-likeness (QED) is 0.528. The fraction of sp³-hybridized carbons (Fsp3) is 0.500. The number of nitrogens with zero attached hydrogens (tertiary/aromatic N) is 3. The number of benzene rings is 1. The molecule has 2 heterocycles. The Morgan fingerprint density at radius 3 is 2.83 bits per heavy atom. The van der Waals surface area contributed by atoms with E-state index < -0.39 is 6.61 Å². The predicted molar refractivity (Wildman–Crippen MR) is 113 cm³/mol. The Hall–Kier alpha value is -2.42. The number of aliphatic imine (C=N–C) groups is 1. The molecule has 1 atom stereocenters. The van der Waals surface area contributed by atoms with Crippen LogP contribution in [0.5, 0.6) is 5.75 Å². The van der Waals surface area contributed by atoms with Gasteiger partial charge in [0.05, 0.1) is 5.01 Å². The number of rotatable bonds is 7. The summed E-state index contributed by atoms with van der Waals surface area (Å²) in [6.45, 7) is 1.78. The van der Waals surface area contributed by atoms with Crippen LogP contribution in [0, 0.1) is 6.92 Å². The van der Waals surface area contributed by atoms with Crippen LogP contribution in [-0.2, 0) is 6.42 Å². The van der Waals surface area contributed by atoms with Crippen LogP contribution >= 0.6 is 11.3 Å². The molecular formula is C20H27F2N5OS. The second kappa shape index (κ2) is 10.4. The standard InChI is InChI=1S/C20H27F2N5OS/c1-14-12-25-18(29-14)9-10-24-20(23-2)26-15-4-3-11-27(13-15)16-5-7-17(8-6-16)28-19(21)22/h5-8,12,15,19H,3-4,9-11,13H2,1-2H3,(H2,23,24,26). The number of guanidine groups is 1. The summed E-state index contributed by atoms with van der Waals surface area (Å²) in [5, 5.41) is 7.96. The molecule has 9 heteroatoms. The highest BCUT2D eigenvalue weighted by atomic mass is 32.1. The predicted octanol–water partition coefficient (Wildman–Crippen LogP) is 3.43. The second-order valence-corrected chi connectivity index (χ2v) is 8.23. The number of hydrogen-bond donors (Lipinski definition) is 2. The number of anilines is 1. The molecule has 0 saturated carbocycles. The van der Waals surface area contributed by atoms with Gasteiger partial charge in [-0.3, -0.25) is 4.99 Å². The average Bonchev–Trinajstić information content (AvgIpc) is 3.12. The van der Waals surface area contributed by atoms with Crippen molar-refractivity contribution < 1.29 is 13.5 Å². The lowest BCUT2D eigenvalue weighted by molar-refractivity contribution is -0.0498. The van der Waals surface area contributed by atoms with E-state index in [4.69, 9.17) is 0 Å². The summed E-state index contributed by atoms with van der Waals surface area (Å²) in [4.78, 5) is 12.2. The molecule has 1 aromatic carbocycles. The second-order valence-electron chi connectivity index (χ2n) is 6.92. The molecule has 2 N–H and O–H groups in total. The van der Waals surface area contributed by atoms with Crippen LogP contribution in [0.1, 0.15) is 22.7 Å². The first-order valence-corrected chi connectivity index (χ1v) is 10.5. The van der Waals surface area contributed by atoms with Crippen molar-refractivity contribution in [1.82, 2.24) is 15.6 Å². The van der Waals surface area contributed by atoms with E-state index in [2.05, 4.69) is 37.2 Å². The van der Waals surface area contributed by atoms with Crippen LogP contribution in [0.3, 0.4) is 0 Å². The first-order valence-electron chi connectivity index (χ1n) is 9.72. The molecule has 0 aliphatic carbocycles. The van der Waals surface area contributed by atoms with Gasteiger partial charge in [0.2, 0.25) is 0 Å². The van der Waals surface area contributed by atoms with Crippen molar-refractivity contribution in [3.8, 4) is 5.75 Å². The molecule has 1 unspecified atom stereocenters. The molecule has 1 aliphatic heterocycles. The largest absolute Gasteiger partial charge is 0.435 e. The van der Waals surface area contributed by atoms with Gasteiger partial charge in [0.1, 0.15) is 5.75 Å². The van der Waals surface area contributed by atoms with E-state index >= 15 is 0 Å². The van der Waals surface area contributed by atoms with Crippen LogP contribution in [0.4, 0.5) is 14.5 Å². The van der Waals surface area contributed by atoms with Crippen molar-refractivity contribution in [3.63, 3.8) is 0 Å². The van der Waals surface area contributed by atoms with Crippen LogP contribution in [-0.4, -0.2) is 50.3 Å². The minimum Gasteiger partial charge on any atom is -0.435 e. The Morgan fingerprint density at radius 2 is 2.17 bits per heavy atom. The zero-order chi connectivity index (χ0) is 20.6. The van der Waals surface area contributed by atoms with Crippen LogP contribution < -0.4 is 20.3 Å². The lowest BCUT2D eigenvalue weighted by Gasteiger charge is -2.35. The van der Waals surface area contributed by atoms with Crippen molar-refractivity contribution in [2.75, 3.05) is 31.6 Å². The molecule has 0 radical (unpaired) electrons. The minimum absolute atomic E-state index is 0.176. The number of aryl methyl sites for hydroxylation is 1. The van der Waals surface area contributed by atoms with Crippen molar-refractivity contribution in [1.29, 1.82) is 0 Å². The van der Waals surface area contributed by atoms with Crippen molar-refractivity contribution in [3.05, 3.63) is 40.3 Å². The van der Waals surface area contributed by atoms with E-state index in [-0.39, 0.29) is 11.8 Å². The first kappa shape index (κ1) is 21.3. The van der Waals surface area contributed by atoms with Gasteiger partial charge >= 0.3 is 6.61 Å². The summed E-state index contributed by atoms with van der Waals surface area (Å²) in [6, 6.07) is 7.07. The van der Waals surface area contributed by atoms with Crippen LogP contribution in [0.25, 0.3) is 0 Å². The van der Waals surface area contributed by atoms with Crippen LogP contribution in [0.15, 0.2) is 35.5 Å². The van der Waals surface area contributed by atoms with Gasteiger partial charge in [0.25, 0.3) is 0 Å². The van der Waals surface area contributed by atoms with E-state index in [0.717, 1.165) is 55.6 Å². The minimum atomic E-state index is -2.80. The summed E-state index contributed by atoms with van der Waals surface area (Å²) in [6.07, 6.45) is 4.86. The van der Waals surface area contributed by atoms with Crippen LogP contribution in [0.2, 0.25) is 0 Å². The highest BCUT2D eigenvalue weighted by Gasteiger charge is 2.21. The van der Waals surface area contributed by atoms with Gasteiger partial charge < -0.3 is 20.3 Å². The number of ether oxygens (including phenoxy) is 1. The van der Waals surface area contributed by atoms with E-state index in [0.29, 0.717) is 0 Å². The molecule has 6 nitrogen and oxygen atoms in total. The van der Waals surface area contributed by atoms with Gasteiger partial charge in [-0.2, -0.15) is 8.78 Å². The molecule has 1 saturated heterocycles. The Labute approximate surface area is 174 Å². The Bertz CT molecular complexity index is 796. The number of hydrogen-bond acceptors (Lipinski definition) is 5. The number of halogens is 2. The normalized spacial score (nSPS) is 17.5. The Balaban J connectivity index is 1.48. The molecule has 1 aromatic heterocycles. The molecule has 3 rings (SSSR count). The van der Waals surface area contributed by atoms with E-state index in [1.54, 1.807) is 30.5 Å². The van der Waals surface area contributed by atoms with E-state index in [1.165, 1.54) is 4.88 Å². The van der Waals surface area contributed by atoms with Gasteiger partial charge in [-0.1, -0.05) is 0 Å². The molecule has 2 aromatic rings. The fourth-order valence-electron chi connectivity index (χ4n) is 3.36. The van der Waals surface area contributed by atoms with Crippen molar-refractivity contribution in [2.24, 2.45) is 4.99 Å². The number of nitrogens with one attached hydrogen (secondary N) is 2. The third-order valence-corrected chi connectivity index (χ3v) is 5.69. The lowest BCUT2D eigenvalue weighted by Crippen LogP contribution is -2.51. The van der Waals surface area contributed by atoms with Crippen molar-refractivity contribution in [2.45, 2.75) is 38.8 Å². The van der Waals surface area contributed by atoms with Gasteiger partial charge in [-0.15, -0.1) is 11.3 Å². The average molecular weight is 424 g/mol. The number of thiazole rings is 1. The summed E-state index contributed by atoms with van der Waals surface area (Å²) in [5.74, 6) is 0.960. The molecule has 0 spiro atoms. The summed E-state index contributed by atoms with van der Waals surface area (Å²) < 4.78 is 29.0. The smallest absolute Gasteiger partial charge is 0.387 e. The molecule has 0 bridgehead atoms. The number of piperidine rings is 1. The van der Waals surface area contributed by atoms with Gasteiger partial charge in [-0.25, -0.2) is 4.98 Å². The highest BCUT2D eigenvalue weighted by Crippen LogP contribution is 2.23. The SMILES string of the molecule is CN=C(NCCc1ncc(C)s1)NC1CCCN(c2ccc(OC(F)F)cc2)C1. The molecule has 1 fully saturated rings. The highest BCUT2D eigenvalue weighted by molar-refractivity contribution is 7.11. The van der Waals surface area contributed by atoms with Gasteiger partial charge in [-0.05, 0) is 44.0 Å². The number of aromatic nitrogens is 1. The molecule has 1 aliphatic rings. The first-order chi connectivity index (χ1) is 14.0. The maximum atomic E-state index is 12.3. The lowest BCUT2D eigenvalue weighted by atomic mass is 10.0. The topological polar surface area (TPSA) is 61.8 Å². The summed E-state index contributed by atoms with van der Waals surface area (Å²) in [7, 11) is 1.77. The van der Waals surface area contributed by atoms with E-state index in [1.807, 2.05) is 18.3 Å². The Kier molecular flexibility index (Phi) is 7.62. The monoisotopic (exact) mass is 423 g/mol. The number of alkyl halides is 2. The summed E-state index contributed by atoms with van der Waals surface area (Å²) >= 11 is 1.72. The fourth-order valence-corrected chi connectivity index (χ4v) is 4.15. The van der Waals surface area contributed by atoms with Crippen molar-refractivity contribution >= 4 is 23.0 Å². The maximum Gasteiger partial charge on any atom is 0.387 e. The molecule has 29 heavy (non-hydrogen) atoms. The Morgan fingerprint density at radius 1 is 1.38 bits per heavy atom. The van der Waals surface area contributed by atoms with E-state index in [9.17, 15) is 8.78 Å². The zero-order valence-corrected chi connectivity index (χ0v) is 17.5. The zero-order valence-electron chi connectivity index (χ0n) is 16.7. The summed E-state index contributed by atoms with van der Waals surface area (Å²) in [5.41, 5.74) is 1.00.